The molecule has 1 saturated heterocycles. The minimum absolute atomic E-state index is 0.00846. The summed E-state index contributed by atoms with van der Waals surface area (Å²) in [5, 5.41) is 21.9. The lowest BCUT2D eigenvalue weighted by Gasteiger charge is -2.36. The van der Waals surface area contributed by atoms with E-state index in [0.29, 0.717) is 18.2 Å². The van der Waals surface area contributed by atoms with Crippen LogP contribution in [-0.2, 0) is 13.8 Å². The highest BCUT2D eigenvalue weighted by molar-refractivity contribution is 7.57. The maximum Gasteiger partial charge on any atom is 0.354 e. The van der Waals surface area contributed by atoms with E-state index in [-0.39, 0.29) is 29.4 Å². The molecule has 33 heavy (non-hydrogen) atoms. The van der Waals surface area contributed by atoms with Gasteiger partial charge in [0.05, 0.1) is 11.7 Å². The third-order valence-electron chi connectivity index (χ3n) is 6.35. The first-order valence-electron chi connectivity index (χ1n) is 10.9. The highest BCUT2D eigenvalue weighted by Gasteiger charge is 2.49. The molecule has 0 bridgehead atoms. The molecule has 0 aromatic carbocycles. The highest BCUT2D eigenvalue weighted by Crippen LogP contribution is 2.56. The van der Waals surface area contributed by atoms with Gasteiger partial charge in [-0.05, 0) is 37.5 Å². The SMILES string of the molecule is C=C(CC)P(=O)(O)OC(CC)(CC)CC1OC(c2cc3ccc(F)nc3[nH]c2=O)C(O)C1O. The minimum atomic E-state index is -4.13. The van der Waals surface area contributed by atoms with Crippen LogP contribution in [0.15, 0.2) is 34.9 Å². The van der Waals surface area contributed by atoms with Gasteiger partial charge in [-0.1, -0.05) is 27.4 Å². The fraction of sp³-hybridized carbons (Fsp3) is 0.545. The predicted molar refractivity (Wildman–Crippen MR) is 120 cm³/mol. The lowest BCUT2D eigenvalue weighted by Crippen LogP contribution is -2.40. The molecule has 5 unspecified atom stereocenters. The summed E-state index contributed by atoms with van der Waals surface area (Å²) in [7, 11) is -4.13. The molecule has 1 fully saturated rings. The van der Waals surface area contributed by atoms with Gasteiger partial charge in [-0.25, -0.2) is 4.98 Å². The highest BCUT2D eigenvalue weighted by atomic mass is 31.2. The van der Waals surface area contributed by atoms with E-state index in [0.717, 1.165) is 6.07 Å². The van der Waals surface area contributed by atoms with Crippen LogP contribution in [0, 0.1) is 5.95 Å². The van der Waals surface area contributed by atoms with Crippen LogP contribution in [0.3, 0.4) is 0 Å². The topological polar surface area (TPSA) is 142 Å². The van der Waals surface area contributed by atoms with Crippen LogP contribution in [0.5, 0.6) is 0 Å². The van der Waals surface area contributed by atoms with Gasteiger partial charge in [0.1, 0.15) is 24.0 Å². The van der Waals surface area contributed by atoms with Crippen molar-refractivity contribution >= 4 is 18.6 Å². The Labute approximate surface area is 190 Å². The molecule has 0 radical (unpaired) electrons. The van der Waals surface area contributed by atoms with E-state index in [1.54, 1.807) is 20.8 Å². The third-order valence-corrected chi connectivity index (χ3v) is 8.10. The second kappa shape index (κ2) is 9.74. The van der Waals surface area contributed by atoms with Crippen LogP contribution in [0.2, 0.25) is 0 Å². The number of hydrogen-bond donors (Lipinski definition) is 4. The van der Waals surface area contributed by atoms with Gasteiger partial charge in [-0.3, -0.25) is 13.9 Å². The Kier molecular flexibility index (Phi) is 7.58. The van der Waals surface area contributed by atoms with Crippen LogP contribution < -0.4 is 5.56 Å². The number of pyridine rings is 2. The molecule has 0 spiro atoms. The van der Waals surface area contributed by atoms with Crippen molar-refractivity contribution < 1.29 is 33.3 Å². The van der Waals surface area contributed by atoms with E-state index in [1.165, 1.54) is 12.1 Å². The number of H-pyrrole nitrogens is 1. The Morgan fingerprint density at radius 1 is 1.30 bits per heavy atom. The molecular weight excluding hydrogens is 454 g/mol. The summed E-state index contributed by atoms with van der Waals surface area (Å²) in [4.78, 5) is 29.0. The average Bonchev–Trinajstić information content (AvgIpc) is 3.05. The van der Waals surface area contributed by atoms with Crippen molar-refractivity contribution in [3.05, 3.63) is 52.0 Å². The number of aliphatic hydroxyl groups is 2. The lowest BCUT2D eigenvalue weighted by molar-refractivity contribution is -0.0545. The first kappa shape index (κ1) is 25.7. The fourth-order valence-electron chi connectivity index (χ4n) is 4.06. The van der Waals surface area contributed by atoms with Crippen molar-refractivity contribution in [2.24, 2.45) is 0 Å². The van der Waals surface area contributed by atoms with Crippen LogP contribution >= 0.6 is 7.60 Å². The summed E-state index contributed by atoms with van der Waals surface area (Å²) in [6.45, 7) is 8.89. The van der Waals surface area contributed by atoms with E-state index < -0.39 is 49.1 Å². The molecule has 3 rings (SSSR count). The van der Waals surface area contributed by atoms with Gasteiger partial charge in [0.15, 0.2) is 0 Å². The molecule has 0 saturated carbocycles. The van der Waals surface area contributed by atoms with Crippen molar-refractivity contribution in [2.45, 2.75) is 76.5 Å². The standard InChI is InChI=1S/C22H30FN2O7P/c1-5-12(4)33(29,30)32-22(6-2,7-3)11-15-17(26)18(27)19(31-15)14-10-13-8-9-16(23)24-20(13)25-21(14)28/h8-10,15,17-19,26-27H,4-7,11H2,1-3H3,(H,29,30)(H,24,25,28). The number of aliphatic hydroxyl groups excluding tert-OH is 2. The Bertz CT molecular complexity index is 1130. The van der Waals surface area contributed by atoms with Gasteiger partial charge in [-0.15, -0.1) is 0 Å². The summed E-state index contributed by atoms with van der Waals surface area (Å²) in [6, 6.07) is 4.00. The Morgan fingerprint density at radius 3 is 2.58 bits per heavy atom. The van der Waals surface area contributed by atoms with Crippen molar-refractivity contribution in [3.8, 4) is 0 Å². The number of nitrogens with one attached hydrogen (secondary N) is 1. The second-order valence-corrected chi connectivity index (χ2v) is 10.2. The summed E-state index contributed by atoms with van der Waals surface area (Å²) in [6.07, 6.45) is -3.98. The number of hydrogen-bond acceptors (Lipinski definition) is 7. The van der Waals surface area contributed by atoms with Crippen LogP contribution in [0.4, 0.5) is 4.39 Å². The Balaban J connectivity index is 1.89. The van der Waals surface area contributed by atoms with Gasteiger partial charge < -0.3 is 24.8 Å². The van der Waals surface area contributed by atoms with E-state index >= 15 is 0 Å². The number of nitrogens with zero attached hydrogens (tertiary/aromatic N) is 1. The largest absolute Gasteiger partial charge is 0.388 e. The van der Waals surface area contributed by atoms with Crippen molar-refractivity contribution in [1.82, 2.24) is 9.97 Å². The van der Waals surface area contributed by atoms with E-state index in [2.05, 4.69) is 16.5 Å². The molecule has 3 heterocycles. The van der Waals surface area contributed by atoms with Gasteiger partial charge in [0, 0.05) is 22.7 Å². The molecule has 9 nitrogen and oxygen atoms in total. The molecule has 2 aromatic rings. The molecule has 4 N–H and O–H groups in total. The molecule has 1 aliphatic heterocycles. The minimum Gasteiger partial charge on any atom is -0.388 e. The summed E-state index contributed by atoms with van der Waals surface area (Å²) >= 11 is 0. The lowest BCUT2D eigenvalue weighted by atomic mass is 9.88. The molecule has 1 aliphatic rings. The smallest absolute Gasteiger partial charge is 0.354 e. The zero-order valence-corrected chi connectivity index (χ0v) is 19.7. The first-order chi connectivity index (χ1) is 15.5. The van der Waals surface area contributed by atoms with Crippen LogP contribution in [0.1, 0.15) is 58.1 Å². The first-order valence-corrected chi connectivity index (χ1v) is 12.5. The normalized spacial score (nSPS) is 25.3. The van der Waals surface area contributed by atoms with Gasteiger partial charge in [-0.2, -0.15) is 4.39 Å². The maximum absolute atomic E-state index is 13.4. The number of ether oxygens (including phenoxy) is 1. The van der Waals surface area contributed by atoms with E-state index in [9.17, 15) is 28.9 Å². The predicted octanol–water partition coefficient (Wildman–Crippen LogP) is 3.30. The molecule has 0 aliphatic carbocycles. The third kappa shape index (κ3) is 5.11. The molecule has 11 heteroatoms. The van der Waals surface area contributed by atoms with Crippen LogP contribution in [0.25, 0.3) is 11.0 Å². The molecule has 0 amide bonds. The summed E-state index contributed by atoms with van der Waals surface area (Å²) in [5.41, 5.74) is -1.66. The number of fused-ring (bicyclic) bond motifs is 1. The molecule has 5 atom stereocenters. The number of rotatable bonds is 9. The molecule has 182 valence electrons. The van der Waals surface area contributed by atoms with Gasteiger partial charge >= 0.3 is 7.60 Å². The summed E-state index contributed by atoms with van der Waals surface area (Å²) < 4.78 is 37.6. The number of allylic oxidation sites excluding steroid dienone is 1. The Morgan fingerprint density at radius 2 is 1.97 bits per heavy atom. The quantitative estimate of drug-likeness (QED) is 0.314. The zero-order chi connectivity index (χ0) is 24.6. The average molecular weight is 484 g/mol. The summed E-state index contributed by atoms with van der Waals surface area (Å²) in [5.74, 6) is -0.749. The molecular formula is C22H30FN2O7P. The number of aromatic nitrogens is 2. The maximum atomic E-state index is 13.4. The monoisotopic (exact) mass is 484 g/mol. The van der Waals surface area contributed by atoms with Crippen molar-refractivity contribution in [3.63, 3.8) is 0 Å². The van der Waals surface area contributed by atoms with E-state index in [4.69, 9.17) is 9.26 Å². The van der Waals surface area contributed by atoms with Crippen molar-refractivity contribution in [1.29, 1.82) is 0 Å². The number of halogens is 1. The van der Waals surface area contributed by atoms with Crippen molar-refractivity contribution in [2.75, 3.05) is 0 Å². The second-order valence-electron chi connectivity index (χ2n) is 8.33. The molecule has 2 aromatic heterocycles. The Hall–Kier alpha value is -1.94. The van der Waals surface area contributed by atoms with Gasteiger partial charge in [0.25, 0.3) is 5.56 Å². The van der Waals surface area contributed by atoms with Gasteiger partial charge in [0.2, 0.25) is 5.95 Å². The van der Waals surface area contributed by atoms with E-state index in [1.807, 2.05) is 0 Å². The number of aromatic amines is 1. The fourth-order valence-corrected chi connectivity index (χ4v) is 5.45. The van der Waals surface area contributed by atoms with Crippen LogP contribution in [-0.4, -0.2) is 49.0 Å². The zero-order valence-electron chi connectivity index (χ0n) is 18.8.